The maximum atomic E-state index is 0. The molecule has 0 bridgehead atoms. The molecule has 0 rings (SSSR count). The second-order valence-electron chi connectivity index (χ2n) is 0. The third-order valence-electron chi connectivity index (χ3n) is 0. The van der Waals surface area contributed by atoms with Gasteiger partial charge in [0.1, 0.15) is 0 Å². The van der Waals surface area contributed by atoms with Crippen molar-refractivity contribution in [3.8, 4) is 0 Å². The van der Waals surface area contributed by atoms with Gasteiger partial charge >= 0.3 is 18.9 Å². The molecule has 0 amide bonds. The Morgan fingerprint density at radius 2 is 1.00 bits per heavy atom. The molecule has 0 aliphatic heterocycles. The van der Waals surface area contributed by atoms with Crippen LogP contribution in [0.3, 0.4) is 0 Å². The smallest absolute Gasteiger partial charge is 1.00 e. The summed E-state index contributed by atoms with van der Waals surface area (Å²) < 4.78 is 0. The predicted molar refractivity (Wildman–Crippen MR) is 15.6 cm³/mol. The summed E-state index contributed by atoms with van der Waals surface area (Å²) in [5.74, 6) is 0. The van der Waals surface area contributed by atoms with Crippen molar-refractivity contribution in [2.24, 2.45) is 0 Å². The van der Waals surface area contributed by atoms with Crippen LogP contribution in [0.25, 0.3) is 0 Å². The van der Waals surface area contributed by atoms with Crippen molar-refractivity contribution in [2.45, 2.75) is 0 Å². The van der Waals surface area contributed by atoms with Gasteiger partial charge in [-0.3, -0.25) is 0 Å². The average Bonchev–Trinajstić information content (AvgIpc) is 0. The zero-order chi connectivity index (χ0) is 0. The zero-order valence-electron chi connectivity index (χ0n) is 3.19. The van der Waals surface area contributed by atoms with Crippen LogP contribution >= 0.6 is 24.8 Å². The summed E-state index contributed by atoms with van der Waals surface area (Å²) in [6.07, 6.45) is 0. The summed E-state index contributed by atoms with van der Waals surface area (Å²) >= 11 is 0. The van der Waals surface area contributed by atoms with Gasteiger partial charge in [0.25, 0.3) is 0 Å². The van der Waals surface area contributed by atoms with Gasteiger partial charge in [-0.2, -0.15) is 0 Å². The minimum atomic E-state index is 0. The Hall–Kier alpha value is 1.70. The fourth-order valence-electron chi connectivity index (χ4n) is 0. The van der Waals surface area contributed by atoms with Crippen LogP contribution < -0.4 is 18.9 Å². The van der Waals surface area contributed by atoms with Gasteiger partial charge in [-0.05, 0) is 0 Å². The minimum absolute atomic E-state index is 0. The van der Waals surface area contributed by atoms with Crippen molar-refractivity contribution in [3.05, 3.63) is 0 Å². The van der Waals surface area contributed by atoms with E-state index in [0.29, 0.717) is 0 Å². The van der Waals surface area contributed by atoms with Crippen molar-refractivity contribution < 1.29 is 37.4 Å². The van der Waals surface area contributed by atoms with Crippen LogP contribution in [0, 0.1) is 0 Å². The summed E-state index contributed by atoms with van der Waals surface area (Å²) in [4.78, 5) is 0. The maximum absolute atomic E-state index is 0. The normalized spacial score (nSPS) is 0. The third-order valence-corrected chi connectivity index (χ3v) is 0. The van der Waals surface area contributed by atoms with Gasteiger partial charge in [0.05, 0.1) is 0 Å². The molecule has 4 heavy (non-hydrogen) atoms. The molecule has 4 heteroatoms. The second-order valence-corrected chi connectivity index (χ2v) is 0. The topological polar surface area (TPSA) is 0 Å². The molecule has 0 aromatic carbocycles. The SMILES string of the molecule is Cl.Cl.[H-].[Li+].[Mn]. The fraction of sp³-hybridized carbons (Fsp3) is 0. The Labute approximate surface area is 62.1 Å². The molecule has 0 saturated heterocycles. The van der Waals surface area contributed by atoms with E-state index in [4.69, 9.17) is 0 Å². The molecule has 0 nitrogen and oxygen atoms in total. The fourth-order valence-corrected chi connectivity index (χ4v) is 0. The Kier molecular flexibility index (Phi) is 243. The van der Waals surface area contributed by atoms with Crippen LogP contribution in [-0.4, -0.2) is 0 Å². The van der Waals surface area contributed by atoms with Gasteiger partial charge in [-0.1, -0.05) is 0 Å². The van der Waals surface area contributed by atoms with E-state index in [1.165, 1.54) is 0 Å². The van der Waals surface area contributed by atoms with Gasteiger partial charge in [-0.25, -0.2) is 0 Å². The number of rotatable bonds is 0. The first-order chi connectivity index (χ1) is 0. The standard InChI is InChI=1S/2ClH.Li.Mn.H/h2*1H;;;/q;;+1;;-1. The molecular weight excluding hydrogens is 133 g/mol. The number of hydrogen-bond donors (Lipinski definition) is 0. The number of hydrogen-bond acceptors (Lipinski definition) is 0. The van der Waals surface area contributed by atoms with E-state index in [1.807, 2.05) is 0 Å². The first-order valence-corrected chi connectivity index (χ1v) is 0. The van der Waals surface area contributed by atoms with Crippen LogP contribution in [0.5, 0.6) is 0 Å². The van der Waals surface area contributed by atoms with E-state index in [1.54, 1.807) is 0 Å². The summed E-state index contributed by atoms with van der Waals surface area (Å²) in [6, 6.07) is 0. The van der Waals surface area contributed by atoms with E-state index in [2.05, 4.69) is 0 Å². The molecule has 0 N–H and O–H groups in total. The molecule has 0 aromatic heterocycles. The van der Waals surface area contributed by atoms with Crippen LogP contribution in [0.15, 0.2) is 0 Å². The first-order valence-electron chi connectivity index (χ1n) is 0. The Morgan fingerprint density at radius 3 is 1.00 bits per heavy atom. The van der Waals surface area contributed by atoms with E-state index < -0.39 is 0 Å². The molecule has 0 atom stereocenters. The van der Waals surface area contributed by atoms with Gasteiger partial charge in [0.15, 0.2) is 0 Å². The van der Waals surface area contributed by atoms with Crippen molar-refractivity contribution in [2.75, 3.05) is 0 Å². The van der Waals surface area contributed by atoms with E-state index >= 15 is 0 Å². The monoisotopic (exact) mass is 135 g/mol. The molecule has 0 unspecified atom stereocenters. The molecule has 1 radical (unpaired) electrons. The van der Waals surface area contributed by atoms with Crippen LogP contribution in [0.1, 0.15) is 1.43 Å². The van der Waals surface area contributed by atoms with Gasteiger partial charge in [-0.15, -0.1) is 24.8 Å². The van der Waals surface area contributed by atoms with Crippen LogP contribution in [0.4, 0.5) is 0 Å². The third kappa shape index (κ3) is 9.34. The van der Waals surface area contributed by atoms with E-state index in [9.17, 15) is 0 Å². The quantitative estimate of drug-likeness (QED) is 0.336. The largest absolute Gasteiger partial charge is 1.00 e. The molecule has 0 heterocycles. The molecule has 0 aliphatic carbocycles. The average molecular weight is 136 g/mol. The molecule has 0 fully saturated rings. The van der Waals surface area contributed by atoms with Crippen LogP contribution in [-0.2, 0) is 17.1 Å². The predicted octanol–water partition coefficient (Wildman–Crippen LogP) is -2.04. The second kappa shape index (κ2) is 22.3. The Balaban J connectivity index is 0. The van der Waals surface area contributed by atoms with Gasteiger partial charge in [0, 0.05) is 17.1 Å². The van der Waals surface area contributed by atoms with E-state index in [-0.39, 0.29) is 62.2 Å². The van der Waals surface area contributed by atoms with Gasteiger partial charge < -0.3 is 1.43 Å². The molecule has 25 valence electrons. The van der Waals surface area contributed by atoms with Crippen molar-refractivity contribution in [1.82, 2.24) is 0 Å². The summed E-state index contributed by atoms with van der Waals surface area (Å²) in [5.41, 5.74) is 0. The Bertz CT molecular complexity index is 9.61. The van der Waals surface area contributed by atoms with E-state index in [0.717, 1.165) is 0 Å². The molecule has 0 saturated carbocycles. The Morgan fingerprint density at radius 1 is 1.00 bits per heavy atom. The summed E-state index contributed by atoms with van der Waals surface area (Å²) in [5, 5.41) is 0. The minimum Gasteiger partial charge on any atom is -1.00 e. The summed E-state index contributed by atoms with van der Waals surface area (Å²) in [7, 11) is 0. The summed E-state index contributed by atoms with van der Waals surface area (Å²) in [6.45, 7) is 0. The van der Waals surface area contributed by atoms with Crippen molar-refractivity contribution >= 4 is 24.8 Å². The number of halogens is 2. The van der Waals surface area contributed by atoms with Crippen molar-refractivity contribution in [3.63, 3.8) is 0 Å². The van der Waals surface area contributed by atoms with Gasteiger partial charge in [0.2, 0.25) is 0 Å². The van der Waals surface area contributed by atoms with Crippen molar-refractivity contribution in [1.29, 1.82) is 0 Å². The molecule has 0 aromatic rings. The van der Waals surface area contributed by atoms with Crippen LogP contribution in [0.2, 0.25) is 0 Å². The molecular formula is H3Cl2LiMn. The molecule has 0 aliphatic rings. The zero-order valence-corrected chi connectivity index (χ0v) is 5.01. The molecule has 0 spiro atoms. The maximum Gasteiger partial charge on any atom is 1.00 e. The first kappa shape index (κ1) is 43.6.